The first-order valence-corrected chi connectivity index (χ1v) is 9.06. The Kier molecular flexibility index (Phi) is 9.71. The second kappa shape index (κ2) is 11.2. The van der Waals surface area contributed by atoms with Crippen molar-refractivity contribution < 1.29 is 9.47 Å². The minimum Gasteiger partial charge on any atom is -0.493 e. The van der Waals surface area contributed by atoms with Gasteiger partial charge in [0, 0.05) is 18.5 Å². The first-order valence-electron chi connectivity index (χ1n) is 8.24. The lowest BCUT2D eigenvalue weighted by atomic mass is 10.2. The molecule has 0 aliphatic rings. The summed E-state index contributed by atoms with van der Waals surface area (Å²) in [5.74, 6) is 2.22. The Hall–Kier alpha value is -1.55. The van der Waals surface area contributed by atoms with Gasteiger partial charge in [0.1, 0.15) is 5.01 Å². The van der Waals surface area contributed by atoms with E-state index in [4.69, 9.17) is 9.47 Å². The van der Waals surface area contributed by atoms with E-state index >= 15 is 0 Å². The number of nitrogens with one attached hydrogen (secondary N) is 2. The fraction of sp³-hybridized carbons (Fsp3) is 0.444. The van der Waals surface area contributed by atoms with Gasteiger partial charge in [0.2, 0.25) is 0 Å². The van der Waals surface area contributed by atoms with E-state index in [0.29, 0.717) is 19.7 Å². The molecule has 1 aromatic heterocycles. The molecule has 1 aromatic carbocycles. The van der Waals surface area contributed by atoms with Crippen LogP contribution in [0.2, 0.25) is 0 Å². The molecule has 0 saturated carbocycles. The van der Waals surface area contributed by atoms with Crippen LogP contribution in [0.1, 0.15) is 28.1 Å². The number of hydrogen-bond acceptors (Lipinski definition) is 5. The Morgan fingerprint density at radius 3 is 2.50 bits per heavy atom. The maximum atomic E-state index is 5.61. The Bertz CT molecular complexity index is 714. The third-order valence-corrected chi connectivity index (χ3v) is 4.76. The van der Waals surface area contributed by atoms with Gasteiger partial charge in [0.15, 0.2) is 17.5 Å². The molecule has 0 atom stereocenters. The molecule has 0 unspecified atom stereocenters. The van der Waals surface area contributed by atoms with Crippen LogP contribution < -0.4 is 20.1 Å². The quantitative estimate of drug-likeness (QED) is 0.353. The highest BCUT2D eigenvalue weighted by Gasteiger charge is 2.07. The lowest BCUT2D eigenvalue weighted by molar-refractivity contribution is 0.310. The monoisotopic (exact) mass is 490 g/mol. The fourth-order valence-corrected chi connectivity index (χ4v) is 3.15. The van der Waals surface area contributed by atoms with Crippen LogP contribution in [0.4, 0.5) is 0 Å². The number of methoxy groups -OCH3 is 1. The molecule has 8 heteroatoms. The number of benzene rings is 1. The maximum Gasteiger partial charge on any atom is 0.191 e. The molecule has 0 aliphatic heterocycles. The number of aromatic nitrogens is 1. The first kappa shape index (κ1) is 22.5. The molecule has 1 heterocycles. The molecule has 0 fully saturated rings. The second-order valence-corrected chi connectivity index (χ2v) is 6.73. The van der Waals surface area contributed by atoms with Crippen LogP contribution in [0, 0.1) is 13.8 Å². The van der Waals surface area contributed by atoms with E-state index < -0.39 is 0 Å². The lowest BCUT2D eigenvalue weighted by Gasteiger charge is -2.13. The van der Waals surface area contributed by atoms with Crippen molar-refractivity contribution >= 4 is 41.3 Å². The van der Waals surface area contributed by atoms with Gasteiger partial charge in [0.25, 0.3) is 0 Å². The molecule has 0 bridgehead atoms. The van der Waals surface area contributed by atoms with E-state index in [1.165, 1.54) is 4.88 Å². The molecule has 0 saturated heterocycles. The van der Waals surface area contributed by atoms with E-state index in [9.17, 15) is 0 Å². The number of aliphatic imine (C=N–C) groups is 1. The molecule has 0 radical (unpaired) electrons. The summed E-state index contributed by atoms with van der Waals surface area (Å²) in [5.41, 5.74) is 2.18. The summed E-state index contributed by atoms with van der Waals surface area (Å²) in [5, 5.41) is 7.65. The summed E-state index contributed by atoms with van der Waals surface area (Å²) in [6.45, 7) is 7.97. The molecular formula is C18H27IN4O2S. The van der Waals surface area contributed by atoms with Crippen molar-refractivity contribution in [1.29, 1.82) is 0 Å². The van der Waals surface area contributed by atoms with Gasteiger partial charge in [-0.15, -0.1) is 35.3 Å². The zero-order chi connectivity index (χ0) is 18.2. The Balaban J connectivity index is 0.00000338. The van der Waals surface area contributed by atoms with Crippen molar-refractivity contribution in [2.45, 2.75) is 33.9 Å². The molecular weight excluding hydrogens is 463 g/mol. The fourth-order valence-electron chi connectivity index (χ4n) is 2.28. The average molecular weight is 490 g/mol. The number of halogens is 1. The topological polar surface area (TPSA) is 67.8 Å². The zero-order valence-corrected chi connectivity index (χ0v) is 19.0. The number of ether oxygens (including phenoxy) is 2. The number of thiazole rings is 1. The smallest absolute Gasteiger partial charge is 0.191 e. The summed E-state index contributed by atoms with van der Waals surface area (Å²) in [7, 11) is 3.40. The molecule has 144 valence electrons. The number of rotatable bonds is 7. The van der Waals surface area contributed by atoms with Gasteiger partial charge < -0.3 is 20.1 Å². The summed E-state index contributed by atoms with van der Waals surface area (Å²) < 4.78 is 10.9. The molecule has 0 spiro atoms. The third kappa shape index (κ3) is 6.31. The standard InChI is InChI=1S/C18H26N4O2S.HI/c1-6-24-16-9-14(7-8-15(16)23-5)10-20-18(19-4)21-11-17-22-12(2)13(3)25-17;/h7-9H,6,10-11H2,1-5H3,(H2,19,20,21);1H. The van der Waals surface area contributed by atoms with E-state index in [-0.39, 0.29) is 24.0 Å². The van der Waals surface area contributed by atoms with Gasteiger partial charge in [-0.2, -0.15) is 0 Å². The normalized spacial score (nSPS) is 10.9. The van der Waals surface area contributed by atoms with Crippen LogP contribution in [0.25, 0.3) is 0 Å². The second-order valence-electron chi connectivity index (χ2n) is 5.45. The first-order chi connectivity index (χ1) is 12.1. The Labute approximate surface area is 176 Å². The van der Waals surface area contributed by atoms with Crippen molar-refractivity contribution in [3.63, 3.8) is 0 Å². The molecule has 26 heavy (non-hydrogen) atoms. The Morgan fingerprint density at radius 1 is 1.19 bits per heavy atom. The third-order valence-electron chi connectivity index (χ3n) is 3.69. The summed E-state index contributed by atoms with van der Waals surface area (Å²) in [4.78, 5) is 10.0. The van der Waals surface area contributed by atoms with Gasteiger partial charge in [-0.1, -0.05) is 6.07 Å². The summed E-state index contributed by atoms with van der Waals surface area (Å²) in [6.07, 6.45) is 0. The van der Waals surface area contributed by atoms with Crippen LogP contribution in [-0.4, -0.2) is 31.7 Å². The van der Waals surface area contributed by atoms with Crippen LogP contribution >= 0.6 is 35.3 Å². The van der Waals surface area contributed by atoms with E-state index in [1.54, 1.807) is 25.5 Å². The van der Waals surface area contributed by atoms with Gasteiger partial charge in [0.05, 0.1) is 26.0 Å². The van der Waals surface area contributed by atoms with Gasteiger partial charge >= 0.3 is 0 Å². The minimum absolute atomic E-state index is 0. The molecule has 6 nitrogen and oxygen atoms in total. The number of hydrogen-bond donors (Lipinski definition) is 2. The molecule has 2 aromatic rings. The molecule has 2 N–H and O–H groups in total. The average Bonchev–Trinajstić information content (AvgIpc) is 2.93. The van der Waals surface area contributed by atoms with E-state index in [0.717, 1.165) is 33.7 Å². The van der Waals surface area contributed by atoms with Crippen molar-refractivity contribution in [3.05, 3.63) is 39.3 Å². The molecule has 0 amide bonds. The SMILES string of the molecule is CCOc1cc(CNC(=NC)NCc2nc(C)c(C)s2)ccc1OC.I. The van der Waals surface area contributed by atoms with Gasteiger partial charge in [-0.25, -0.2) is 4.98 Å². The molecule has 0 aliphatic carbocycles. The van der Waals surface area contributed by atoms with Gasteiger partial charge in [-0.3, -0.25) is 4.99 Å². The van der Waals surface area contributed by atoms with Crippen molar-refractivity contribution in [2.75, 3.05) is 20.8 Å². The Morgan fingerprint density at radius 2 is 1.92 bits per heavy atom. The summed E-state index contributed by atoms with van der Waals surface area (Å²) >= 11 is 1.71. The highest BCUT2D eigenvalue weighted by atomic mass is 127. The van der Waals surface area contributed by atoms with E-state index in [2.05, 4.69) is 27.5 Å². The predicted octanol–water partition coefficient (Wildman–Crippen LogP) is 3.65. The predicted molar refractivity (Wildman–Crippen MR) is 118 cm³/mol. The van der Waals surface area contributed by atoms with E-state index in [1.807, 2.05) is 32.0 Å². The number of guanidine groups is 1. The summed E-state index contributed by atoms with van der Waals surface area (Å²) in [6, 6.07) is 5.91. The van der Waals surface area contributed by atoms with Gasteiger partial charge in [-0.05, 0) is 38.5 Å². The van der Waals surface area contributed by atoms with Crippen LogP contribution in [0.3, 0.4) is 0 Å². The zero-order valence-electron chi connectivity index (χ0n) is 15.9. The highest BCUT2D eigenvalue weighted by Crippen LogP contribution is 2.27. The number of nitrogens with zero attached hydrogens (tertiary/aromatic N) is 2. The lowest BCUT2D eigenvalue weighted by Crippen LogP contribution is -2.36. The van der Waals surface area contributed by atoms with Crippen molar-refractivity contribution in [2.24, 2.45) is 4.99 Å². The molecule has 2 rings (SSSR count). The van der Waals surface area contributed by atoms with Crippen molar-refractivity contribution in [1.82, 2.24) is 15.6 Å². The van der Waals surface area contributed by atoms with Crippen molar-refractivity contribution in [3.8, 4) is 11.5 Å². The van der Waals surface area contributed by atoms with Crippen LogP contribution in [0.5, 0.6) is 11.5 Å². The van der Waals surface area contributed by atoms with Crippen LogP contribution in [-0.2, 0) is 13.1 Å². The highest BCUT2D eigenvalue weighted by molar-refractivity contribution is 14.0. The van der Waals surface area contributed by atoms with Crippen LogP contribution in [0.15, 0.2) is 23.2 Å². The minimum atomic E-state index is 0. The number of aryl methyl sites for hydroxylation is 2. The maximum absolute atomic E-state index is 5.61. The largest absolute Gasteiger partial charge is 0.493 e.